The minimum absolute atomic E-state index is 0.168. The van der Waals surface area contributed by atoms with Crippen LogP contribution in [-0.4, -0.2) is 0 Å². The lowest BCUT2D eigenvalue weighted by Gasteiger charge is -2.29. The zero-order valence-electron chi connectivity index (χ0n) is 51.8. The van der Waals surface area contributed by atoms with Gasteiger partial charge in [0.05, 0.1) is 0 Å². The third kappa shape index (κ3) is 7.04. The Bertz CT molecular complexity index is 6030. The Morgan fingerprint density at radius 2 is 0.913 bits per heavy atom. The monoisotopic (exact) mass is 1170 g/mol. The first-order valence-corrected chi connectivity index (χ1v) is 32.9. The molecular weight excluding hydrogens is 1110 g/mol. The van der Waals surface area contributed by atoms with Gasteiger partial charge < -0.3 is 8.83 Å². The van der Waals surface area contributed by atoms with Crippen molar-refractivity contribution in [3.8, 4) is 44.5 Å². The molecule has 0 fully saturated rings. The smallest absolute Gasteiger partial charge is 0.143 e. The zero-order valence-corrected chi connectivity index (χ0v) is 51.8. The number of hydrogen-bond acceptors (Lipinski definition) is 2. The summed E-state index contributed by atoms with van der Waals surface area (Å²) >= 11 is 0. The van der Waals surface area contributed by atoms with Gasteiger partial charge in [0, 0.05) is 43.7 Å². The van der Waals surface area contributed by atoms with Crippen molar-refractivity contribution in [3.05, 3.63) is 300 Å². The highest BCUT2D eigenvalue weighted by Gasteiger charge is 2.45. The second kappa shape index (κ2) is 18.9. The molecule has 2 heteroatoms. The van der Waals surface area contributed by atoms with Gasteiger partial charge in [0.2, 0.25) is 0 Å². The summed E-state index contributed by atoms with van der Waals surface area (Å²) in [4.78, 5) is 0. The van der Waals surface area contributed by atoms with E-state index >= 15 is 0 Å². The summed E-state index contributed by atoms with van der Waals surface area (Å²) in [5, 5.41) is 20.0. The summed E-state index contributed by atoms with van der Waals surface area (Å²) in [5.41, 5.74) is 25.6. The minimum Gasteiger partial charge on any atom is -0.456 e. The van der Waals surface area contributed by atoms with Gasteiger partial charge in [0.25, 0.3) is 0 Å². The molecule has 0 amide bonds. The molecule has 2 heterocycles. The van der Waals surface area contributed by atoms with Gasteiger partial charge in [-0.1, -0.05) is 252 Å². The molecule has 434 valence electrons. The molecule has 14 aromatic carbocycles. The Balaban J connectivity index is 0.702. The van der Waals surface area contributed by atoms with Gasteiger partial charge >= 0.3 is 0 Å². The van der Waals surface area contributed by atoms with Crippen LogP contribution in [0.5, 0.6) is 0 Å². The van der Waals surface area contributed by atoms with Gasteiger partial charge in [-0.3, -0.25) is 0 Å². The molecule has 0 saturated heterocycles. The van der Waals surface area contributed by atoms with Crippen LogP contribution < -0.4 is 0 Å². The second-order valence-electron chi connectivity index (χ2n) is 27.5. The molecule has 4 aliphatic rings. The molecule has 1 unspecified atom stereocenters. The summed E-state index contributed by atoms with van der Waals surface area (Å²) in [6, 6.07) is 86.5. The van der Waals surface area contributed by atoms with Crippen LogP contribution in [-0.2, 0) is 10.8 Å². The maximum absolute atomic E-state index is 7.00. The van der Waals surface area contributed by atoms with Crippen molar-refractivity contribution in [3.63, 3.8) is 0 Å². The molecule has 20 rings (SSSR count). The topological polar surface area (TPSA) is 26.3 Å². The normalized spacial score (nSPS) is 16.3. The first-order valence-electron chi connectivity index (χ1n) is 32.9. The molecule has 1 atom stereocenters. The van der Waals surface area contributed by atoms with Gasteiger partial charge in [0.1, 0.15) is 22.3 Å². The fraction of sp³-hybridized carbons (Fsp3) is 0.111. The molecule has 4 aliphatic carbocycles. The highest BCUT2D eigenvalue weighted by molar-refractivity contribution is 6.27. The summed E-state index contributed by atoms with van der Waals surface area (Å²) in [6.45, 7) is 9.79. The van der Waals surface area contributed by atoms with E-state index in [2.05, 4.69) is 289 Å². The first-order chi connectivity index (χ1) is 45.2. The maximum Gasteiger partial charge on any atom is 0.143 e. The predicted octanol–water partition coefficient (Wildman–Crippen LogP) is 25.2. The van der Waals surface area contributed by atoms with Crippen LogP contribution in [0.15, 0.2) is 275 Å². The van der Waals surface area contributed by atoms with Crippen molar-refractivity contribution < 1.29 is 8.83 Å². The van der Waals surface area contributed by atoms with Crippen molar-refractivity contribution in [2.24, 2.45) is 0 Å². The van der Waals surface area contributed by atoms with E-state index < -0.39 is 0 Å². The molecular formula is C90H62O2. The summed E-state index contributed by atoms with van der Waals surface area (Å²) < 4.78 is 14.0. The molecule has 0 radical (unpaired) electrons. The van der Waals surface area contributed by atoms with E-state index in [4.69, 9.17) is 8.83 Å². The fourth-order valence-corrected chi connectivity index (χ4v) is 18.2. The van der Waals surface area contributed by atoms with Gasteiger partial charge in [0.15, 0.2) is 0 Å². The average molecular weight is 1180 g/mol. The highest BCUT2D eigenvalue weighted by atomic mass is 16.3. The number of allylic oxidation sites excluding steroid dienone is 8. The van der Waals surface area contributed by atoms with Gasteiger partial charge in [-0.05, 0) is 210 Å². The number of benzene rings is 14. The van der Waals surface area contributed by atoms with E-state index in [1.165, 1.54) is 154 Å². The number of rotatable bonds is 5. The quantitative estimate of drug-likeness (QED) is 0.161. The molecule has 92 heavy (non-hydrogen) atoms. The Morgan fingerprint density at radius 3 is 1.59 bits per heavy atom. The Kier molecular flexibility index (Phi) is 10.7. The van der Waals surface area contributed by atoms with Crippen LogP contribution >= 0.6 is 0 Å². The Hall–Kier alpha value is -10.8. The third-order valence-electron chi connectivity index (χ3n) is 22.1. The molecule has 2 nitrogen and oxygen atoms in total. The third-order valence-corrected chi connectivity index (χ3v) is 22.1. The lowest BCUT2D eigenvalue weighted by Crippen LogP contribution is -2.18. The van der Waals surface area contributed by atoms with Crippen molar-refractivity contribution in [1.82, 2.24) is 0 Å². The highest BCUT2D eigenvalue weighted by Crippen LogP contribution is 2.61. The number of fused-ring (bicyclic) bond motifs is 23. The molecule has 0 aliphatic heterocycles. The summed E-state index contributed by atoms with van der Waals surface area (Å²) in [5.74, 6) is 0.278. The number of para-hydroxylation sites is 1. The van der Waals surface area contributed by atoms with Crippen LogP contribution in [0.3, 0.4) is 0 Å². The predicted molar refractivity (Wildman–Crippen MR) is 389 cm³/mol. The van der Waals surface area contributed by atoms with Crippen molar-refractivity contribution >= 4 is 120 Å². The van der Waals surface area contributed by atoms with Gasteiger partial charge in [-0.2, -0.15) is 0 Å². The Labute approximate surface area is 533 Å². The largest absolute Gasteiger partial charge is 0.456 e. The van der Waals surface area contributed by atoms with Crippen LogP contribution in [0.25, 0.3) is 164 Å². The van der Waals surface area contributed by atoms with Crippen LogP contribution in [0.1, 0.15) is 86.3 Å². The summed E-state index contributed by atoms with van der Waals surface area (Å²) in [6.07, 6.45) is 14.9. The molecule has 0 spiro atoms. The second-order valence-corrected chi connectivity index (χ2v) is 27.5. The number of hydrogen-bond donors (Lipinski definition) is 0. The van der Waals surface area contributed by atoms with E-state index in [1.54, 1.807) is 0 Å². The molecule has 16 aromatic rings. The van der Waals surface area contributed by atoms with E-state index in [9.17, 15) is 0 Å². The van der Waals surface area contributed by atoms with Crippen molar-refractivity contribution in [2.75, 3.05) is 0 Å². The van der Waals surface area contributed by atoms with Gasteiger partial charge in [-0.25, -0.2) is 0 Å². The van der Waals surface area contributed by atoms with Crippen LogP contribution in [0.4, 0.5) is 0 Å². The summed E-state index contributed by atoms with van der Waals surface area (Å²) in [7, 11) is 0. The van der Waals surface area contributed by atoms with Crippen molar-refractivity contribution in [2.45, 2.75) is 63.7 Å². The van der Waals surface area contributed by atoms with Crippen LogP contribution in [0.2, 0.25) is 0 Å². The van der Waals surface area contributed by atoms with E-state index in [0.717, 1.165) is 68.9 Å². The van der Waals surface area contributed by atoms with E-state index in [1.807, 2.05) is 0 Å². The lowest BCUT2D eigenvalue weighted by molar-refractivity contribution is 0.618. The average Bonchev–Trinajstić information content (AvgIpc) is 1.52. The van der Waals surface area contributed by atoms with Gasteiger partial charge in [-0.15, -0.1) is 0 Å². The van der Waals surface area contributed by atoms with E-state index in [-0.39, 0.29) is 16.7 Å². The first kappa shape index (κ1) is 52.0. The zero-order chi connectivity index (χ0) is 60.9. The molecule has 0 bridgehead atoms. The SMILES string of the molecule is CC1(C)C2=CC=C(c3c4ccccc4c(C4=CC=CCC4)c4ccccc34)CC2c2ccc3c(ccc4oc5cc(-c6ccc7c(c6)c6c(c8c9ccccc9oc78)-c7ccc(-c8c9ccccc9c(-c9ccccc9)c9ccccc89)cc7C6(C)C)ccc5c43)c21. The fourth-order valence-electron chi connectivity index (χ4n) is 18.2. The Morgan fingerprint density at radius 1 is 0.348 bits per heavy atom. The molecule has 2 aromatic heterocycles. The molecule has 0 saturated carbocycles. The lowest BCUT2D eigenvalue weighted by atomic mass is 9.75. The number of furan rings is 2. The maximum atomic E-state index is 7.00. The van der Waals surface area contributed by atoms with Crippen molar-refractivity contribution in [1.29, 1.82) is 0 Å². The van der Waals surface area contributed by atoms with E-state index in [0.29, 0.717) is 0 Å². The minimum atomic E-state index is -0.369. The standard InChI is InChI=1S/C90H62O2/c1-89(2)74-45-38-55(81-61-29-15-11-25-57(61)79(51-21-7-5-8-22-51)58-26-12-16-30-62(58)81)48-72(74)67-43-42-65-66(86(67)89)44-46-77-83(65)71-41-36-54(50-78(71)91-77)53-35-39-68-73(47-53)87-84(85-70-33-19-20-34-76(70)92-88(68)85)69-40-37-56(49-75(69)90(87,3)4)82-63-31-17-13-27-59(63)80(52-23-9-6-10-24-52)60-28-14-18-32-64(60)82/h5-7,9-21,23-47,49-50,72H,8,22,48H2,1-4H3. The van der Waals surface area contributed by atoms with Crippen LogP contribution in [0, 0.1) is 0 Å². The molecule has 0 N–H and O–H groups in total.